The maximum Gasteiger partial charge on any atom is 0.266 e. The quantitative estimate of drug-likeness (QED) is 0.658. The summed E-state index contributed by atoms with van der Waals surface area (Å²) in [7, 11) is 0. The number of likely N-dealkylation sites (tertiary alicyclic amines) is 1. The Morgan fingerprint density at radius 1 is 1.15 bits per heavy atom. The molecule has 0 atom stereocenters. The van der Waals surface area contributed by atoms with Gasteiger partial charge in [0.1, 0.15) is 15.2 Å². The van der Waals surface area contributed by atoms with Crippen LogP contribution >= 0.6 is 34.5 Å². The number of nitrogens with zero attached hydrogens (tertiary/aromatic N) is 3. The summed E-state index contributed by atoms with van der Waals surface area (Å²) in [5.41, 5.74) is 8.33. The highest BCUT2D eigenvalue weighted by Gasteiger charge is 2.25. The van der Waals surface area contributed by atoms with E-state index in [1.54, 1.807) is 24.4 Å². The third-order valence-electron chi connectivity index (χ3n) is 4.50. The van der Waals surface area contributed by atoms with Gasteiger partial charge < -0.3 is 10.6 Å². The highest BCUT2D eigenvalue weighted by Crippen LogP contribution is 2.37. The van der Waals surface area contributed by atoms with E-state index in [9.17, 15) is 4.79 Å². The van der Waals surface area contributed by atoms with Gasteiger partial charge in [-0.1, -0.05) is 29.3 Å². The summed E-state index contributed by atoms with van der Waals surface area (Å²) in [4.78, 5) is 24.8. The third kappa shape index (κ3) is 3.02. The minimum atomic E-state index is -0.0377. The van der Waals surface area contributed by atoms with Gasteiger partial charge in [-0.3, -0.25) is 4.79 Å². The fraction of sp³-hybridized carbons (Fsp3) is 0.278. The molecule has 5 nitrogen and oxygen atoms in total. The van der Waals surface area contributed by atoms with Crippen LogP contribution in [0.4, 0.5) is 5.69 Å². The Kier molecular flexibility index (Phi) is 4.73. The number of rotatable bonds is 2. The molecule has 1 aliphatic heterocycles. The van der Waals surface area contributed by atoms with E-state index in [4.69, 9.17) is 28.9 Å². The molecule has 1 aliphatic rings. The van der Waals surface area contributed by atoms with Gasteiger partial charge in [-0.05, 0) is 31.4 Å². The number of hydrogen-bond donors (Lipinski definition) is 1. The lowest BCUT2D eigenvalue weighted by Crippen LogP contribution is -2.35. The van der Waals surface area contributed by atoms with E-state index in [0.717, 1.165) is 32.4 Å². The number of nitrogen functional groups attached to an aromatic ring is 1. The molecule has 1 saturated heterocycles. The minimum absolute atomic E-state index is 0.0377. The number of amides is 1. The van der Waals surface area contributed by atoms with Crippen LogP contribution in [0.5, 0.6) is 0 Å². The van der Waals surface area contributed by atoms with Gasteiger partial charge in [0.2, 0.25) is 0 Å². The molecule has 0 aliphatic carbocycles. The summed E-state index contributed by atoms with van der Waals surface area (Å²) in [5.74, 6) is -0.0377. The second kappa shape index (κ2) is 7.02. The number of hydrogen-bond acceptors (Lipinski definition) is 5. The molecule has 0 unspecified atom stereocenters. The zero-order valence-corrected chi connectivity index (χ0v) is 16.2. The van der Waals surface area contributed by atoms with Gasteiger partial charge in [-0.2, -0.15) is 0 Å². The summed E-state index contributed by atoms with van der Waals surface area (Å²) in [6.07, 6.45) is 4.81. The van der Waals surface area contributed by atoms with Crippen LogP contribution in [0.3, 0.4) is 0 Å². The lowest BCUT2D eigenvalue weighted by Gasteiger charge is -2.26. The molecule has 8 heteroatoms. The summed E-state index contributed by atoms with van der Waals surface area (Å²) in [6, 6.07) is 5.28. The minimum Gasteiger partial charge on any atom is -0.396 e. The van der Waals surface area contributed by atoms with E-state index >= 15 is 0 Å². The van der Waals surface area contributed by atoms with Crippen LogP contribution < -0.4 is 5.73 Å². The Bertz CT molecular complexity index is 978. The normalized spacial score (nSPS) is 14.8. The van der Waals surface area contributed by atoms with E-state index in [2.05, 4.69) is 9.97 Å². The standard InChI is InChI=1S/C18H16Cl2N4OS/c19-10-5-4-6-11(20)13(10)12-9-22-15-14(21)16(26-17(15)23-12)18(25)24-7-2-1-3-8-24/h4-6,9H,1-3,7-8,21H2. The number of thiophene rings is 1. The van der Waals surface area contributed by atoms with Crippen molar-refractivity contribution in [2.75, 3.05) is 18.8 Å². The number of nitrogens with two attached hydrogens (primary N) is 1. The Labute approximate surface area is 164 Å². The van der Waals surface area contributed by atoms with E-state index in [-0.39, 0.29) is 5.91 Å². The SMILES string of the molecule is Nc1c(C(=O)N2CCCCC2)sc2nc(-c3c(Cl)cccc3Cl)cnc12. The smallest absolute Gasteiger partial charge is 0.266 e. The van der Waals surface area contributed by atoms with Crippen LogP contribution in [-0.2, 0) is 0 Å². The van der Waals surface area contributed by atoms with E-state index < -0.39 is 0 Å². The van der Waals surface area contributed by atoms with Gasteiger partial charge in [0.05, 0.1) is 27.6 Å². The molecule has 0 saturated carbocycles. The van der Waals surface area contributed by atoms with Gasteiger partial charge >= 0.3 is 0 Å². The van der Waals surface area contributed by atoms with Crippen molar-refractivity contribution in [3.05, 3.63) is 39.3 Å². The number of piperidine rings is 1. The van der Waals surface area contributed by atoms with Crippen LogP contribution in [-0.4, -0.2) is 33.9 Å². The average molecular weight is 407 g/mol. The van der Waals surface area contributed by atoms with Gasteiger partial charge in [0.25, 0.3) is 5.91 Å². The van der Waals surface area contributed by atoms with Crippen LogP contribution in [0.2, 0.25) is 10.0 Å². The second-order valence-corrected chi connectivity index (χ2v) is 8.02. The first-order chi connectivity index (χ1) is 12.6. The van der Waals surface area contributed by atoms with Gasteiger partial charge in [0.15, 0.2) is 0 Å². The molecule has 1 aromatic carbocycles. The fourth-order valence-electron chi connectivity index (χ4n) is 3.15. The molecule has 2 N–H and O–H groups in total. The summed E-state index contributed by atoms with van der Waals surface area (Å²) in [6.45, 7) is 1.54. The van der Waals surface area contributed by atoms with Crippen molar-refractivity contribution in [2.24, 2.45) is 0 Å². The molecular formula is C18H16Cl2N4OS. The number of aromatic nitrogens is 2. The van der Waals surface area contributed by atoms with Crippen LogP contribution in [0.25, 0.3) is 21.6 Å². The van der Waals surface area contributed by atoms with Gasteiger partial charge in [-0.15, -0.1) is 11.3 Å². The molecule has 1 amide bonds. The van der Waals surface area contributed by atoms with Crippen molar-refractivity contribution in [2.45, 2.75) is 19.3 Å². The average Bonchev–Trinajstić information content (AvgIpc) is 2.98. The maximum atomic E-state index is 12.8. The Hall–Kier alpha value is -1.89. The molecule has 0 bridgehead atoms. The highest BCUT2D eigenvalue weighted by molar-refractivity contribution is 7.21. The van der Waals surface area contributed by atoms with Gasteiger partial charge in [-0.25, -0.2) is 9.97 Å². The summed E-state index contributed by atoms with van der Waals surface area (Å²) < 4.78 is 0. The monoisotopic (exact) mass is 406 g/mol. The third-order valence-corrected chi connectivity index (χ3v) is 6.20. The molecule has 3 heterocycles. The lowest BCUT2D eigenvalue weighted by atomic mass is 10.1. The predicted octanol–water partition coefficient (Wildman–Crippen LogP) is 4.87. The molecule has 2 aromatic heterocycles. The number of carbonyl (C=O) groups excluding carboxylic acids is 1. The molecule has 3 aromatic rings. The summed E-state index contributed by atoms with van der Waals surface area (Å²) in [5, 5.41) is 1.00. The van der Waals surface area contributed by atoms with Crippen molar-refractivity contribution in [1.29, 1.82) is 0 Å². The topological polar surface area (TPSA) is 72.1 Å². The zero-order valence-electron chi connectivity index (χ0n) is 13.8. The Balaban J connectivity index is 1.77. The second-order valence-electron chi connectivity index (χ2n) is 6.20. The number of halogens is 2. The number of carbonyl (C=O) groups is 1. The number of benzene rings is 1. The van der Waals surface area contributed by atoms with Crippen molar-refractivity contribution in [3.8, 4) is 11.3 Å². The van der Waals surface area contributed by atoms with Crippen molar-refractivity contribution < 1.29 is 4.79 Å². The number of anilines is 1. The van der Waals surface area contributed by atoms with Crippen LogP contribution in [0.15, 0.2) is 24.4 Å². The largest absolute Gasteiger partial charge is 0.396 e. The first kappa shape index (κ1) is 17.5. The zero-order chi connectivity index (χ0) is 18.3. The fourth-order valence-corrected chi connectivity index (χ4v) is 4.76. The molecular weight excluding hydrogens is 391 g/mol. The van der Waals surface area contributed by atoms with Crippen LogP contribution in [0.1, 0.15) is 28.9 Å². The molecule has 4 rings (SSSR count). The predicted molar refractivity (Wildman–Crippen MR) is 107 cm³/mol. The van der Waals surface area contributed by atoms with Crippen molar-refractivity contribution in [1.82, 2.24) is 14.9 Å². The number of fused-ring (bicyclic) bond motifs is 1. The van der Waals surface area contributed by atoms with Crippen LogP contribution in [0, 0.1) is 0 Å². The highest BCUT2D eigenvalue weighted by atomic mass is 35.5. The van der Waals surface area contributed by atoms with E-state index in [0.29, 0.717) is 42.2 Å². The maximum absolute atomic E-state index is 12.8. The van der Waals surface area contributed by atoms with E-state index in [1.165, 1.54) is 11.3 Å². The Morgan fingerprint density at radius 3 is 2.54 bits per heavy atom. The Morgan fingerprint density at radius 2 is 1.85 bits per heavy atom. The van der Waals surface area contributed by atoms with Crippen molar-refractivity contribution in [3.63, 3.8) is 0 Å². The molecule has 1 fully saturated rings. The lowest BCUT2D eigenvalue weighted by molar-refractivity contribution is 0.0730. The van der Waals surface area contributed by atoms with Crippen molar-refractivity contribution >= 4 is 56.5 Å². The molecule has 0 spiro atoms. The first-order valence-corrected chi connectivity index (χ1v) is 9.92. The molecule has 26 heavy (non-hydrogen) atoms. The van der Waals surface area contributed by atoms with Gasteiger partial charge in [0, 0.05) is 18.7 Å². The molecule has 0 radical (unpaired) electrons. The first-order valence-electron chi connectivity index (χ1n) is 8.35. The van der Waals surface area contributed by atoms with E-state index in [1.807, 2.05) is 4.90 Å². The summed E-state index contributed by atoms with van der Waals surface area (Å²) >= 11 is 13.8. The molecule has 134 valence electrons.